The van der Waals surface area contributed by atoms with E-state index in [2.05, 4.69) is 125 Å². The molecule has 0 aromatic rings. The van der Waals surface area contributed by atoms with E-state index in [1.165, 1.54) is 50.2 Å². The molecule has 8 aliphatic rings. The standard InChI is InChI=1S/C9H18N2O.C8H18N2O2S.C8H15NO.C8H17N.C7H16N2.C7H15NO2S.C6H10N2O2.C6H13NO2S/c1-8(2)10-4-6-11(7-5-10)9(3)12;1-8(2)9-4-6-10(7-5-9)13(3,11)12;1-7(2)9-6-4-3-5-8(9)10;1-7(2)9-5-4-8(3)6-9;1-7(2)9-5-3-8-4-6-9;1-7(2)8-3-5-11(9,10)6-4-8;1-4(2)8-5(9)3-7-6(8)10;1-6(2)7-4-3-5-10(7,8)9/h8H,4-7H2,1-3H3;8H,4-7H2,1-3H3;7H,3-6H2,1-2H3;7-8H,4-6H2,1-3H3;7-8H,3-6H2,1-2H3;7H,3-6H2,1-2H3;4H,3H2,1-2H3,(H,7,10);6H,3-5H2,1-2H3/t;;;8-;;;;/m...1..../s1. The Morgan fingerprint density at radius 2 is 0.976 bits per heavy atom. The summed E-state index contributed by atoms with van der Waals surface area (Å²) in [6, 6.07) is 3.31. The second-order valence-electron chi connectivity index (χ2n) is 25.6. The second kappa shape index (κ2) is 39.4. The number of imide groups is 1. The fourth-order valence-electron chi connectivity index (χ4n) is 10.6. The van der Waals surface area contributed by atoms with Gasteiger partial charge in [0.05, 0.1) is 30.1 Å². The van der Waals surface area contributed by atoms with Crippen LogP contribution in [-0.4, -0.2) is 293 Å². The largest absolute Gasteiger partial charge is 0.340 e. The van der Waals surface area contributed by atoms with E-state index < -0.39 is 29.9 Å². The topological polar surface area (TPSA) is 227 Å². The maximum absolute atomic E-state index is 11.2. The molecule has 8 fully saturated rings. The molecule has 0 aromatic heterocycles. The minimum Gasteiger partial charge on any atom is -0.340 e. The maximum Gasteiger partial charge on any atom is 0.324 e. The molecule has 5 amide bonds. The molecule has 0 saturated carbocycles. The molecule has 84 heavy (non-hydrogen) atoms. The number of nitrogens with zero attached hydrogens (tertiary/aromatic N) is 10. The quantitative estimate of drug-likeness (QED) is 0.304. The summed E-state index contributed by atoms with van der Waals surface area (Å²) in [4.78, 5) is 60.9. The summed E-state index contributed by atoms with van der Waals surface area (Å²) in [6.45, 7) is 54.9. The number of hydrogen-bond donors (Lipinski definition) is 2. The van der Waals surface area contributed by atoms with Gasteiger partial charge in [0.1, 0.15) is 0 Å². The predicted octanol–water partition coefficient (Wildman–Crippen LogP) is 4.48. The van der Waals surface area contributed by atoms with Gasteiger partial charge in [-0.25, -0.2) is 30.0 Å². The molecule has 1 atom stereocenters. The average molecular weight is 1260 g/mol. The van der Waals surface area contributed by atoms with E-state index in [-0.39, 0.29) is 36.5 Å². The SMILES string of the molecule is CC(=O)N1CCN(C(C)C)CC1.CC(C)N1C(=O)CNC1=O.CC(C)N1CCCCC1=O.CC(C)N1CCCS1(=O)=O.CC(C)N1CCN(S(C)(=O)=O)CC1.CC(C)N1CCNCC1.CC(C)N1CCS(=O)(=O)CC1.CC(C)N1CC[C@@H](C)C1. The normalized spacial score (nSPS) is 23.1. The predicted molar refractivity (Wildman–Crippen MR) is 344 cm³/mol. The van der Waals surface area contributed by atoms with Crippen LogP contribution < -0.4 is 10.6 Å². The number of urea groups is 1. The Balaban J connectivity index is 0.000000481. The number of hydrogen-bond acceptors (Lipinski definition) is 16. The number of nitrogens with one attached hydrogen (secondary N) is 2. The maximum atomic E-state index is 11.2. The summed E-state index contributed by atoms with van der Waals surface area (Å²) in [7, 11) is -8.51. The van der Waals surface area contributed by atoms with Crippen LogP contribution in [-0.2, 0) is 44.3 Å². The number of amides is 5. The molecule has 0 spiro atoms. The first-order valence-corrected chi connectivity index (χ1v) is 36.9. The monoisotopic (exact) mass is 1250 g/mol. The Morgan fingerprint density at radius 1 is 0.512 bits per heavy atom. The lowest BCUT2D eigenvalue weighted by atomic mass is 10.1. The Kier molecular flexibility index (Phi) is 37.3. The Bertz CT molecular complexity index is 2190. The van der Waals surface area contributed by atoms with Crippen LogP contribution in [0.25, 0.3) is 0 Å². The molecule has 22 nitrogen and oxygen atoms in total. The van der Waals surface area contributed by atoms with E-state index in [0.717, 1.165) is 96.2 Å². The molecule has 496 valence electrons. The summed E-state index contributed by atoms with van der Waals surface area (Å²) in [5.74, 6) is 2.36. The number of rotatable bonds is 9. The van der Waals surface area contributed by atoms with Gasteiger partial charge >= 0.3 is 6.03 Å². The van der Waals surface area contributed by atoms with E-state index in [1.807, 2.05) is 37.5 Å². The van der Waals surface area contributed by atoms with Crippen LogP contribution in [0.4, 0.5) is 4.79 Å². The molecule has 0 aromatic carbocycles. The molecule has 25 heteroatoms. The molecule has 8 heterocycles. The number of piperidine rings is 1. The molecule has 0 bridgehead atoms. The molecular weight excluding hydrogens is 1130 g/mol. The number of carbonyl (C=O) groups is 4. The van der Waals surface area contributed by atoms with Crippen molar-refractivity contribution in [3.8, 4) is 0 Å². The minimum absolute atomic E-state index is 0.0324. The van der Waals surface area contributed by atoms with Gasteiger partial charge in [-0.05, 0) is 149 Å². The van der Waals surface area contributed by atoms with Crippen molar-refractivity contribution in [2.24, 2.45) is 5.92 Å². The highest BCUT2D eigenvalue weighted by Gasteiger charge is 2.32. The number of likely N-dealkylation sites (tertiary alicyclic amines) is 2. The van der Waals surface area contributed by atoms with Crippen LogP contribution in [0.1, 0.15) is 157 Å². The molecular formula is C59H122N12O10S3. The van der Waals surface area contributed by atoms with Crippen LogP contribution in [0.3, 0.4) is 0 Å². The molecule has 8 saturated heterocycles. The molecule has 0 unspecified atom stereocenters. The van der Waals surface area contributed by atoms with Crippen LogP contribution in [0.2, 0.25) is 0 Å². The van der Waals surface area contributed by atoms with Gasteiger partial charge in [-0.2, -0.15) is 8.61 Å². The fraction of sp³-hybridized carbons (Fsp3) is 0.932. The molecule has 0 aliphatic carbocycles. The van der Waals surface area contributed by atoms with Crippen LogP contribution in [0.15, 0.2) is 0 Å². The average Bonchev–Trinajstić information content (AvgIpc) is 4.34. The third kappa shape index (κ3) is 31.0. The summed E-state index contributed by atoms with van der Waals surface area (Å²) >= 11 is 0. The highest BCUT2D eigenvalue weighted by Crippen LogP contribution is 2.18. The van der Waals surface area contributed by atoms with E-state index in [4.69, 9.17) is 0 Å². The Hall–Kier alpha value is -2.59. The lowest BCUT2D eigenvalue weighted by Gasteiger charge is -2.36. The van der Waals surface area contributed by atoms with E-state index in [1.54, 1.807) is 15.5 Å². The van der Waals surface area contributed by atoms with Gasteiger partial charge < -0.3 is 25.3 Å². The zero-order valence-corrected chi connectivity index (χ0v) is 58.5. The third-order valence-corrected chi connectivity index (χ3v) is 21.3. The van der Waals surface area contributed by atoms with Gasteiger partial charge in [-0.3, -0.25) is 38.9 Å². The van der Waals surface area contributed by atoms with Crippen molar-refractivity contribution < 1.29 is 44.4 Å². The zero-order chi connectivity index (χ0) is 64.3. The summed E-state index contributed by atoms with van der Waals surface area (Å²) in [5, 5.41) is 5.77. The van der Waals surface area contributed by atoms with Gasteiger partial charge in [0.25, 0.3) is 0 Å². The highest BCUT2D eigenvalue weighted by molar-refractivity contribution is 7.91. The Labute approximate surface area is 512 Å². The first-order valence-electron chi connectivity index (χ1n) is 31.6. The van der Waals surface area contributed by atoms with Gasteiger partial charge in [-0.15, -0.1) is 0 Å². The van der Waals surface area contributed by atoms with Crippen molar-refractivity contribution in [3.63, 3.8) is 0 Å². The molecule has 2 N–H and O–H groups in total. The van der Waals surface area contributed by atoms with Crippen LogP contribution in [0, 0.1) is 5.92 Å². The second-order valence-corrected chi connectivity index (χ2v) is 31.9. The summed E-state index contributed by atoms with van der Waals surface area (Å²) in [5.41, 5.74) is 0. The van der Waals surface area contributed by atoms with Crippen molar-refractivity contribution in [3.05, 3.63) is 0 Å². The first kappa shape index (κ1) is 79.4. The van der Waals surface area contributed by atoms with Gasteiger partial charge in [0.2, 0.25) is 37.8 Å². The Morgan fingerprint density at radius 3 is 1.26 bits per heavy atom. The van der Waals surface area contributed by atoms with Crippen molar-refractivity contribution >= 4 is 53.6 Å². The van der Waals surface area contributed by atoms with Crippen molar-refractivity contribution in [1.29, 1.82) is 0 Å². The van der Waals surface area contributed by atoms with Crippen molar-refractivity contribution in [2.75, 3.05) is 148 Å². The molecule has 0 radical (unpaired) electrons. The van der Waals surface area contributed by atoms with Crippen molar-refractivity contribution in [1.82, 2.24) is 58.4 Å². The van der Waals surface area contributed by atoms with Crippen LogP contribution in [0.5, 0.6) is 0 Å². The van der Waals surface area contributed by atoms with Crippen LogP contribution >= 0.6 is 0 Å². The zero-order valence-electron chi connectivity index (χ0n) is 56.1. The number of carbonyl (C=O) groups excluding carboxylic acids is 4. The van der Waals surface area contributed by atoms with E-state index in [9.17, 15) is 44.4 Å². The van der Waals surface area contributed by atoms with Gasteiger partial charge in [-0.1, -0.05) is 6.92 Å². The van der Waals surface area contributed by atoms with Gasteiger partial charge in [0.15, 0.2) is 9.84 Å². The smallest absolute Gasteiger partial charge is 0.324 e. The number of sulfone groups is 1. The highest BCUT2D eigenvalue weighted by atomic mass is 32.2. The number of piperazine rings is 3. The summed E-state index contributed by atoms with van der Waals surface area (Å²) in [6.07, 6.45) is 6.50. The van der Waals surface area contributed by atoms with E-state index >= 15 is 0 Å². The summed E-state index contributed by atoms with van der Waals surface area (Å²) < 4.78 is 69.7. The lowest BCUT2D eigenvalue weighted by molar-refractivity contribution is -0.135. The fourth-order valence-corrected chi connectivity index (χ4v) is 14.4. The number of sulfonamides is 2. The minimum atomic E-state index is -2.97. The molecule has 8 aliphatic heterocycles. The van der Waals surface area contributed by atoms with Crippen molar-refractivity contribution in [2.45, 2.75) is 205 Å². The third-order valence-electron chi connectivity index (χ3n) is 16.2. The lowest BCUT2D eigenvalue weighted by Crippen LogP contribution is -2.50. The molecule has 8 rings (SSSR count). The van der Waals surface area contributed by atoms with E-state index in [0.29, 0.717) is 80.1 Å². The first-order chi connectivity index (χ1) is 38.9. The van der Waals surface area contributed by atoms with Gasteiger partial charge in [0, 0.05) is 173 Å².